The van der Waals surface area contributed by atoms with Crippen molar-refractivity contribution in [3.8, 4) is 0 Å². The van der Waals surface area contributed by atoms with Crippen molar-refractivity contribution < 1.29 is 4.79 Å². The first-order valence-corrected chi connectivity index (χ1v) is 5.87. The molecule has 2 aromatic rings. The summed E-state index contributed by atoms with van der Waals surface area (Å²) >= 11 is 0. The molecule has 0 aliphatic rings. The fourth-order valence-corrected chi connectivity index (χ4v) is 1.72. The van der Waals surface area contributed by atoms with E-state index in [2.05, 4.69) is 10.3 Å². The van der Waals surface area contributed by atoms with E-state index in [0.717, 1.165) is 16.8 Å². The number of anilines is 1. The maximum Gasteiger partial charge on any atom is 0.257 e. The van der Waals surface area contributed by atoms with Crippen molar-refractivity contribution in [3.63, 3.8) is 0 Å². The molecule has 3 heteroatoms. The Balaban J connectivity index is 2.22. The minimum atomic E-state index is -0.121. The van der Waals surface area contributed by atoms with E-state index in [1.54, 1.807) is 12.4 Å². The maximum atomic E-state index is 12.1. The number of nitrogens with one attached hydrogen (secondary N) is 1. The molecule has 92 valence electrons. The third kappa shape index (κ3) is 2.56. The van der Waals surface area contributed by atoms with Crippen LogP contribution in [-0.4, -0.2) is 10.9 Å². The van der Waals surface area contributed by atoms with Crippen LogP contribution in [0.2, 0.25) is 0 Å². The molecule has 0 bridgehead atoms. The fraction of sp³-hybridized carbons (Fsp3) is 0.200. The lowest BCUT2D eigenvalue weighted by molar-refractivity contribution is 0.102. The average Bonchev–Trinajstić information content (AvgIpc) is 2.34. The lowest BCUT2D eigenvalue weighted by atomic mass is 10.1. The number of rotatable bonds is 2. The highest BCUT2D eigenvalue weighted by Crippen LogP contribution is 2.15. The van der Waals surface area contributed by atoms with Crippen LogP contribution in [0.25, 0.3) is 0 Å². The van der Waals surface area contributed by atoms with Gasteiger partial charge < -0.3 is 5.32 Å². The van der Waals surface area contributed by atoms with Crippen molar-refractivity contribution in [2.75, 3.05) is 5.32 Å². The highest BCUT2D eigenvalue weighted by molar-refractivity contribution is 6.05. The number of hydrogen-bond acceptors (Lipinski definition) is 2. The Hall–Kier alpha value is -2.16. The third-order valence-electron chi connectivity index (χ3n) is 3.05. The molecule has 18 heavy (non-hydrogen) atoms. The summed E-state index contributed by atoms with van der Waals surface area (Å²) in [5.41, 5.74) is 4.72. The number of hydrogen-bond donors (Lipinski definition) is 1. The van der Waals surface area contributed by atoms with Crippen LogP contribution in [0.3, 0.4) is 0 Å². The van der Waals surface area contributed by atoms with E-state index in [0.29, 0.717) is 5.56 Å². The Morgan fingerprint density at radius 3 is 2.50 bits per heavy atom. The van der Waals surface area contributed by atoms with E-state index in [9.17, 15) is 4.79 Å². The van der Waals surface area contributed by atoms with E-state index in [4.69, 9.17) is 0 Å². The normalized spacial score (nSPS) is 10.2. The van der Waals surface area contributed by atoms with Crippen molar-refractivity contribution in [2.24, 2.45) is 0 Å². The number of nitrogens with zero attached hydrogens (tertiary/aromatic N) is 1. The molecular weight excluding hydrogens is 224 g/mol. The highest BCUT2D eigenvalue weighted by Gasteiger charge is 2.09. The predicted molar refractivity (Wildman–Crippen MR) is 72.8 cm³/mol. The first-order chi connectivity index (χ1) is 8.58. The molecule has 0 saturated heterocycles. The van der Waals surface area contributed by atoms with Crippen molar-refractivity contribution in [1.29, 1.82) is 0 Å². The molecule has 1 aromatic carbocycles. The number of carbonyl (C=O) groups excluding carboxylic acids is 1. The van der Waals surface area contributed by atoms with Gasteiger partial charge >= 0.3 is 0 Å². The molecule has 0 unspecified atom stereocenters. The van der Waals surface area contributed by atoms with Gasteiger partial charge in [0.1, 0.15) is 0 Å². The Labute approximate surface area is 107 Å². The summed E-state index contributed by atoms with van der Waals surface area (Å²) in [7, 11) is 0. The zero-order chi connectivity index (χ0) is 13.1. The average molecular weight is 240 g/mol. The molecule has 1 aromatic heterocycles. The maximum absolute atomic E-state index is 12.1. The highest BCUT2D eigenvalue weighted by atomic mass is 16.1. The zero-order valence-electron chi connectivity index (χ0n) is 10.8. The van der Waals surface area contributed by atoms with Crippen molar-refractivity contribution >= 4 is 11.6 Å². The molecule has 0 aliphatic carbocycles. The van der Waals surface area contributed by atoms with Gasteiger partial charge in [-0.2, -0.15) is 0 Å². The van der Waals surface area contributed by atoms with Gasteiger partial charge in [-0.25, -0.2) is 0 Å². The second-order valence-corrected chi connectivity index (χ2v) is 4.44. The van der Waals surface area contributed by atoms with Crippen LogP contribution in [0.5, 0.6) is 0 Å². The van der Waals surface area contributed by atoms with E-state index in [1.807, 2.05) is 45.0 Å². The number of benzene rings is 1. The van der Waals surface area contributed by atoms with Gasteiger partial charge in [-0.15, -0.1) is 0 Å². The minimum absolute atomic E-state index is 0.121. The van der Waals surface area contributed by atoms with Crippen LogP contribution < -0.4 is 5.32 Å². The Bertz CT molecular complexity index is 591. The van der Waals surface area contributed by atoms with Crippen LogP contribution in [0, 0.1) is 20.8 Å². The smallest absolute Gasteiger partial charge is 0.257 e. The first-order valence-electron chi connectivity index (χ1n) is 5.87. The standard InChI is InChI=1S/C15H16N2O/c1-10-4-5-13(8-12(10)3)17-15(18)14-9-16-7-6-11(14)2/h4-9H,1-3H3,(H,17,18). The topological polar surface area (TPSA) is 42.0 Å². The molecule has 0 radical (unpaired) electrons. The molecule has 0 fully saturated rings. The first kappa shape index (κ1) is 12.3. The van der Waals surface area contributed by atoms with Gasteiger partial charge in [0.25, 0.3) is 5.91 Å². The Morgan fingerprint density at radius 1 is 1.06 bits per heavy atom. The third-order valence-corrected chi connectivity index (χ3v) is 3.05. The van der Waals surface area contributed by atoms with Gasteiger partial charge in [-0.3, -0.25) is 9.78 Å². The fourth-order valence-electron chi connectivity index (χ4n) is 1.72. The number of pyridine rings is 1. The molecule has 0 aliphatic heterocycles. The van der Waals surface area contributed by atoms with Crippen LogP contribution in [-0.2, 0) is 0 Å². The van der Waals surface area contributed by atoms with Crippen molar-refractivity contribution in [3.05, 3.63) is 58.9 Å². The lowest BCUT2D eigenvalue weighted by Gasteiger charge is -2.08. The summed E-state index contributed by atoms with van der Waals surface area (Å²) in [4.78, 5) is 16.1. The van der Waals surface area contributed by atoms with Crippen LogP contribution in [0.1, 0.15) is 27.0 Å². The van der Waals surface area contributed by atoms with E-state index in [-0.39, 0.29) is 5.91 Å². The molecule has 1 heterocycles. The number of carbonyl (C=O) groups is 1. The quantitative estimate of drug-likeness (QED) is 0.875. The molecule has 0 atom stereocenters. The summed E-state index contributed by atoms with van der Waals surface area (Å²) in [6, 6.07) is 7.71. The second-order valence-electron chi connectivity index (χ2n) is 4.44. The summed E-state index contributed by atoms with van der Waals surface area (Å²) in [6.07, 6.45) is 3.27. The monoisotopic (exact) mass is 240 g/mol. The Kier molecular flexibility index (Phi) is 3.42. The van der Waals surface area contributed by atoms with Crippen LogP contribution >= 0.6 is 0 Å². The van der Waals surface area contributed by atoms with Crippen molar-refractivity contribution in [2.45, 2.75) is 20.8 Å². The minimum Gasteiger partial charge on any atom is -0.322 e. The second kappa shape index (κ2) is 5.00. The van der Waals surface area contributed by atoms with Gasteiger partial charge in [-0.05, 0) is 55.7 Å². The molecule has 0 spiro atoms. The van der Waals surface area contributed by atoms with Gasteiger partial charge in [0.2, 0.25) is 0 Å². The summed E-state index contributed by atoms with van der Waals surface area (Å²) < 4.78 is 0. The molecule has 2 rings (SSSR count). The van der Waals surface area contributed by atoms with Crippen LogP contribution in [0.15, 0.2) is 36.7 Å². The van der Waals surface area contributed by atoms with E-state index < -0.39 is 0 Å². The summed E-state index contributed by atoms with van der Waals surface area (Å²) in [6.45, 7) is 5.98. The molecule has 1 amide bonds. The van der Waals surface area contributed by atoms with Gasteiger partial charge in [-0.1, -0.05) is 6.07 Å². The summed E-state index contributed by atoms with van der Waals surface area (Å²) in [5, 5.41) is 2.89. The Morgan fingerprint density at radius 2 is 1.83 bits per heavy atom. The van der Waals surface area contributed by atoms with Gasteiger partial charge in [0.05, 0.1) is 5.56 Å². The molecule has 0 saturated carbocycles. The van der Waals surface area contributed by atoms with E-state index >= 15 is 0 Å². The molecular formula is C15H16N2O. The number of aromatic nitrogens is 1. The molecule has 3 nitrogen and oxygen atoms in total. The number of aryl methyl sites for hydroxylation is 3. The largest absolute Gasteiger partial charge is 0.322 e. The van der Waals surface area contributed by atoms with Gasteiger partial charge in [0.15, 0.2) is 0 Å². The van der Waals surface area contributed by atoms with Crippen LogP contribution in [0.4, 0.5) is 5.69 Å². The van der Waals surface area contributed by atoms with Crippen molar-refractivity contribution in [1.82, 2.24) is 4.98 Å². The summed E-state index contributed by atoms with van der Waals surface area (Å²) in [5.74, 6) is -0.121. The SMILES string of the molecule is Cc1ccc(NC(=O)c2cnccc2C)cc1C. The molecule has 1 N–H and O–H groups in total. The number of amides is 1. The zero-order valence-corrected chi connectivity index (χ0v) is 10.8. The van der Waals surface area contributed by atoms with E-state index in [1.165, 1.54) is 5.56 Å². The lowest BCUT2D eigenvalue weighted by Crippen LogP contribution is -2.13. The van der Waals surface area contributed by atoms with Gasteiger partial charge in [0, 0.05) is 18.1 Å². The predicted octanol–water partition coefficient (Wildman–Crippen LogP) is 3.26.